The SMILES string of the molecule is OCC1(CCc2ccccc2)CC1. The van der Waals surface area contributed by atoms with Gasteiger partial charge in [0.2, 0.25) is 0 Å². The molecule has 1 aromatic rings. The van der Waals surface area contributed by atoms with Gasteiger partial charge in [-0.3, -0.25) is 0 Å². The van der Waals surface area contributed by atoms with E-state index in [0.717, 1.165) is 12.8 Å². The predicted molar refractivity (Wildman–Crippen MR) is 53.5 cm³/mol. The van der Waals surface area contributed by atoms with Gasteiger partial charge in [-0.25, -0.2) is 0 Å². The molecule has 2 rings (SSSR count). The standard InChI is InChI=1S/C12H16O/c13-10-12(8-9-12)7-6-11-4-2-1-3-5-11/h1-5,13H,6-10H2. The van der Waals surface area contributed by atoms with Crippen molar-refractivity contribution in [2.45, 2.75) is 25.7 Å². The summed E-state index contributed by atoms with van der Waals surface area (Å²) in [6.45, 7) is 0.375. The third-order valence-electron chi connectivity index (χ3n) is 3.08. The lowest BCUT2D eigenvalue weighted by Crippen LogP contribution is -2.07. The number of aliphatic hydroxyl groups excluding tert-OH is 1. The summed E-state index contributed by atoms with van der Waals surface area (Å²) in [6.07, 6.45) is 4.70. The Hall–Kier alpha value is -0.820. The fourth-order valence-electron chi connectivity index (χ4n) is 1.72. The third-order valence-corrected chi connectivity index (χ3v) is 3.08. The molecule has 1 aromatic carbocycles. The zero-order chi connectivity index (χ0) is 9.15. The van der Waals surface area contributed by atoms with E-state index < -0.39 is 0 Å². The van der Waals surface area contributed by atoms with Gasteiger partial charge in [0.25, 0.3) is 0 Å². The monoisotopic (exact) mass is 176 g/mol. The van der Waals surface area contributed by atoms with Crippen LogP contribution >= 0.6 is 0 Å². The van der Waals surface area contributed by atoms with E-state index >= 15 is 0 Å². The maximum atomic E-state index is 9.13. The van der Waals surface area contributed by atoms with E-state index in [-0.39, 0.29) is 0 Å². The molecular weight excluding hydrogens is 160 g/mol. The number of benzene rings is 1. The van der Waals surface area contributed by atoms with Crippen molar-refractivity contribution in [3.63, 3.8) is 0 Å². The van der Waals surface area contributed by atoms with E-state index in [4.69, 9.17) is 5.11 Å². The summed E-state index contributed by atoms with van der Waals surface area (Å²) in [5.41, 5.74) is 1.69. The van der Waals surface area contributed by atoms with Crippen LogP contribution in [0.2, 0.25) is 0 Å². The van der Waals surface area contributed by atoms with E-state index in [0.29, 0.717) is 12.0 Å². The van der Waals surface area contributed by atoms with Gasteiger partial charge in [0, 0.05) is 6.61 Å². The van der Waals surface area contributed by atoms with Crippen LogP contribution in [0.25, 0.3) is 0 Å². The quantitative estimate of drug-likeness (QED) is 0.746. The summed E-state index contributed by atoms with van der Waals surface area (Å²) in [5, 5.41) is 9.13. The van der Waals surface area contributed by atoms with Crippen molar-refractivity contribution in [1.29, 1.82) is 0 Å². The summed E-state index contributed by atoms with van der Waals surface area (Å²) >= 11 is 0. The highest BCUT2D eigenvalue weighted by Gasteiger charge is 2.40. The topological polar surface area (TPSA) is 20.2 Å². The van der Waals surface area contributed by atoms with Crippen LogP contribution < -0.4 is 0 Å². The highest BCUT2D eigenvalue weighted by molar-refractivity contribution is 5.15. The van der Waals surface area contributed by atoms with E-state index in [1.807, 2.05) is 6.07 Å². The van der Waals surface area contributed by atoms with Crippen molar-refractivity contribution in [3.8, 4) is 0 Å². The zero-order valence-corrected chi connectivity index (χ0v) is 7.87. The Morgan fingerprint density at radius 1 is 1.15 bits per heavy atom. The molecule has 0 unspecified atom stereocenters. The molecule has 1 nitrogen and oxygen atoms in total. The molecule has 0 spiro atoms. The molecule has 0 heterocycles. The fourth-order valence-corrected chi connectivity index (χ4v) is 1.72. The van der Waals surface area contributed by atoms with Crippen molar-refractivity contribution in [2.24, 2.45) is 5.41 Å². The van der Waals surface area contributed by atoms with E-state index in [1.54, 1.807) is 0 Å². The van der Waals surface area contributed by atoms with Crippen LogP contribution in [0, 0.1) is 5.41 Å². The molecule has 0 atom stereocenters. The molecule has 0 aromatic heterocycles. The summed E-state index contributed by atoms with van der Waals surface area (Å²) < 4.78 is 0. The molecule has 13 heavy (non-hydrogen) atoms. The van der Waals surface area contributed by atoms with Gasteiger partial charge in [-0.15, -0.1) is 0 Å². The van der Waals surface area contributed by atoms with Gasteiger partial charge in [-0.05, 0) is 36.7 Å². The summed E-state index contributed by atoms with van der Waals surface area (Å²) in [7, 11) is 0. The summed E-state index contributed by atoms with van der Waals surface area (Å²) in [5.74, 6) is 0. The second kappa shape index (κ2) is 3.51. The molecular formula is C12H16O. The minimum Gasteiger partial charge on any atom is -0.396 e. The van der Waals surface area contributed by atoms with Gasteiger partial charge in [-0.1, -0.05) is 30.3 Å². The first-order chi connectivity index (χ1) is 6.35. The maximum Gasteiger partial charge on any atom is 0.0487 e. The van der Waals surface area contributed by atoms with Gasteiger partial charge < -0.3 is 5.11 Å². The second-order valence-electron chi connectivity index (χ2n) is 4.14. The van der Waals surface area contributed by atoms with E-state index in [2.05, 4.69) is 24.3 Å². The Labute approximate surface area is 79.4 Å². The minimum absolute atomic E-state index is 0.301. The smallest absolute Gasteiger partial charge is 0.0487 e. The lowest BCUT2D eigenvalue weighted by atomic mass is 9.98. The number of aliphatic hydroxyl groups is 1. The molecule has 1 N–H and O–H groups in total. The predicted octanol–water partition coefficient (Wildman–Crippen LogP) is 2.39. The van der Waals surface area contributed by atoms with E-state index in [9.17, 15) is 0 Å². The average Bonchev–Trinajstić information content (AvgIpc) is 2.97. The van der Waals surface area contributed by atoms with Crippen LogP contribution in [0.5, 0.6) is 0 Å². The molecule has 1 aliphatic rings. The number of rotatable bonds is 4. The Balaban J connectivity index is 1.86. The van der Waals surface area contributed by atoms with Crippen molar-refractivity contribution in [1.82, 2.24) is 0 Å². The Kier molecular flexibility index (Phi) is 2.36. The molecule has 70 valence electrons. The largest absolute Gasteiger partial charge is 0.396 e. The molecule has 1 fully saturated rings. The normalized spacial score (nSPS) is 18.5. The van der Waals surface area contributed by atoms with Crippen LogP contribution in [-0.2, 0) is 6.42 Å². The zero-order valence-electron chi connectivity index (χ0n) is 7.87. The van der Waals surface area contributed by atoms with Crippen LogP contribution in [0.4, 0.5) is 0 Å². The van der Waals surface area contributed by atoms with Crippen molar-refractivity contribution in [3.05, 3.63) is 35.9 Å². The first kappa shape index (κ1) is 8.76. The molecule has 0 radical (unpaired) electrons. The van der Waals surface area contributed by atoms with Gasteiger partial charge in [0.05, 0.1) is 0 Å². The molecule has 1 aliphatic carbocycles. The van der Waals surface area contributed by atoms with Gasteiger partial charge in [0.15, 0.2) is 0 Å². The third kappa shape index (κ3) is 2.10. The van der Waals surface area contributed by atoms with Gasteiger partial charge >= 0.3 is 0 Å². The second-order valence-corrected chi connectivity index (χ2v) is 4.14. The van der Waals surface area contributed by atoms with Gasteiger partial charge in [-0.2, -0.15) is 0 Å². The van der Waals surface area contributed by atoms with E-state index in [1.165, 1.54) is 18.4 Å². The van der Waals surface area contributed by atoms with Crippen LogP contribution in [0.15, 0.2) is 30.3 Å². The maximum absolute atomic E-state index is 9.13. The molecule has 0 bridgehead atoms. The summed E-state index contributed by atoms with van der Waals surface area (Å²) in [4.78, 5) is 0. The Morgan fingerprint density at radius 3 is 2.38 bits per heavy atom. The highest BCUT2D eigenvalue weighted by Crippen LogP contribution is 2.48. The van der Waals surface area contributed by atoms with Gasteiger partial charge in [0.1, 0.15) is 0 Å². The number of hydrogen-bond donors (Lipinski definition) is 1. The molecule has 0 amide bonds. The van der Waals surface area contributed by atoms with Crippen molar-refractivity contribution in [2.75, 3.05) is 6.61 Å². The van der Waals surface area contributed by atoms with Crippen LogP contribution in [0.3, 0.4) is 0 Å². The number of aryl methyl sites for hydroxylation is 1. The van der Waals surface area contributed by atoms with Crippen LogP contribution in [0.1, 0.15) is 24.8 Å². The lowest BCUT2D eigenvalue weighted by Gasteiger charge is -2.10. The average molecular weight is 176 g/mol. The van der Waals surface area contributed by atoms with Crippen molar-refractivity contribution < 1.29 is 5.11 Å². The fraction of sp³-hybridized carbons (Fsp3) is 0.500. The van der Waals surface area contributed by atoms with Crippen molar-refractivity contribution >= 4 is 0 Å². The first-order valence-corrected chi connectivity index (χ1v) is 4.99. The Bertz CT molecular complexity index is 262. The number of hydrogen-bond acceptors (Lipinski definition) is 1. The molecule has 0 aliphatic heterocycles. The molecule has 1 heteroatoms. The summed E-state index contributed by atoms with van der Waals surface area (Å²) in [6, 6.07) is 10.5. The minimum atomic E-state index is 0.301. The molecule has 1 saturated carbocycles. The molecule has 0 saturated heterocycles. The first-order valence-electron chi connectivity index (χ1n) is 4.99. The highest BCUT2D eigenvalue weighted by atomic mass is 16.3. The Morgan fingerprint density at radius 2 is 1.85 bits per heavy atom. The lowest BCUT2D eigenvalue weighted by molar-refractivity contribution is 0.203. The van der Waals surface area contributed by atoms with Crippen LogP contribution in [-0.4, -0.2) is 11.7 Å².